The molecule has 2 rings (SSSR count). The van der Waals surface area contributed by atoms with Gasteiger partial charge in [-0.2, -0.15) is 0 Å². The molecule has 0 bridgehead atoms. The van der Waals surface area contributed by atoms with Crippen molar-refractivity contribution in [3.8, 4) is 0 Å². The number of Topliss-reactive ketones (excluding diaryl/α,β-unsaturated/α-hetero) is 1. The first-order valence-electron chi connectivity index (χ1n) is 7.31. The topological polar surface area (TPSA) is 46.6 Å². The van der Waals surface area contributed by atoms with Crippen LogP contribution in [0, 0.1) is 0 Å². The van der Waals surface area contributed by atoms with Gasteiger partial charge in [0.15, 0.2) is 0 Å². The van der Waals surface area contributed by atoms with Gasteiger partial charge in [-0.15, -0.1) is 0 Å². The van der Waals surface area contributed by atoms with Gasteiger partial charge in [0, 0.05) is 18.7 Å². The van der Waals surface area contributed by atoms with E-state index >= 15 is 0 Å². The van der Waals surface area contributed by atoms with Crippen LogP contribution in [0.1, 0.15) is 12.0 Å². The average Bonchev–Trinajstić information content (AvgIpc) is 2.61. The highest BCUT2D eigenvalue weighted by molar-refractivity contribution is 9.09. The van der Waals surface area contributed by atoms with E-state index in [1.165, 1.54) is 4.90 Å². The first-order chi connectivity index (χ1) is 11.2. The van der Waals surface area contributed by atoms with Gasteiger partial charge in [0.1, 0.15) is 12.4 Å². The van der Waals surface area contributed by atoms with Crippen LogP contribution in [0.4, 0.5) is 10.5 Å². The third-order valence-corrected chi connectivity index (χ3v) is 3.88. The van der Waals surface area contributed by atoms with Crippen molar-refractivity contribution in [2.75, 3.05) is 16.8 Å². The summed E-state index contributed by atoms with van der Waals surface area (Å²) in [5, 5.41) is 0.286. The van der Waals surface area contributed by atoms with E-state index in [1.807, 2.05) is 60.7 Å². The number of ketones is 1. The van der Waals surface area contributed by atoms with Crippen molar-refractivity contribution in [1.29, 1.82) is 0 Å². The fourth-order valence-corrected chi connectivity index (χ4v) is 2.31. The molecule has 0 radical (unpaired) electrons. The number of halogens is 1. The third kappa shape index (κ3) is 5.53. The number of ether oxygens (including phenoxy) is 1. The SMILES string of the molecule is O=C(CBr)CCN(C(=O)OCc1ccccc1)c1ccccc1. The predicted molar refractivity (Wildman–Crippen MR) is 93.8 cm³/mol. The van der Waals surface area contributed by atoms with E-state index in [0.717, 1.165) is 5.56 Å². The van der Waals surface area contributed by atoms with Crippen molar-refractivity contribution in [2.45, 2.75) is 13.0 Å². The molecule has 0 aliphatic rings. The number of carbonyl (C=O) groups is 2. The Morgan fingerprint density at radius 2 is 1.57 bits per heavy atom. The summed E-state index contributed by atoms with van der Waals surface area (Å²) in [5.74, 6) is 0.0433. The molecule has 0 heterocycles. The molecule has 0 aliphatic carbocycles. The lowest BCUT2D eigenvalue weighted by molar-refractivity contribution is -0.116. The van der Waals surface area contributed by atoms with Gasteiger partial charge in [-0.3, -0.25) is 9.69 Å². The molecule has 0 saturated heterocycles. The number of alkyl halides is 1. The van der Waals surface area contributed by atoms with Crippen molar-refractivity contribution >= 4 is 33.5 Å². The number of hydrogen-bond acceptors (Lipinski definition) is 3. The fraction of sp³-hybridized carbons (Fsp3) is 0.222. The molecule has 0 aliphatic heterocycles. The normalized spacial score (nSPS) is 10.1. The summed E-state index contributed by atoms with van der Waals surface area (Å²) >= 11 is 3.14. The molecule has 2 aromatic carbocycles. The molecule has 23 heavy (non-hydrogen) atoms. The molecule has 0 fully saturated rings. The van der Waals surface area contributed by atoms with Gasteiger partial charge in [0.25, 0.3) is 0 Å². The van der Waals surface area contributed by atoms with Gasteiger partial charge in [-0.25, -0.2) is 4.79 Å². The van der Waals surface area contributed by atoms with Crippen LogP contribution in [0.5, 0.6) is 0 Å². The van der Waals surface area contributed by atoms with Crippen LogP contribution in [-0.2, 0) is 16.1 Å². The summed E-state index contributed by atoms with van der Waals surface area (Å²) in [7, 11) is 0. The Kier molecular flexibility index (Phi) is 6.81. The number of carbonyl (C=O) groups excluding carboxylic acids is 2. The van der Waals surface area contributed by atoms with E-state index in [4.69, 9.17) is 4.74 Å². The second-order valence-corrected chi connectivity index (χ2v) is 5.51. The summed E-state index contributed by atoms with van der Waals surface area (Å²) in [6.07, 6.45) is -0.178. The summed E-state index contributed by atoms with van der Waals surface area (Å²) in [6.45, 7) is 0.497. The van der Waals surface area contributed by atoms with Gasteiger partial charge in [-0.05, 0) is 17.7 Å². The molecule has 0 saturated carbocycles. The maximum Gasteiger partial charge on any atom is 0.414 e. The summed E-state index contributed by atoms with van der Waals surface area (Å²) in [6, 6.07) is 18.7. The second kappa shape index (κ2) is 9.10. The van der Waals surface area contributed by atoms with Crippen LogP contribution in [0.15, 0.2) is 60.7 Å². The Hall–Kier alpha value is -2.14. The number of hydrogen-bond donors (Lipinski definition) is 0. The predicted octanol–water partition coefficient (Wildman–Crippen LogP) is 4.18. The van der Waals surface area contributed by atoms with E-state index in [9.17, 15) is 9.59 Å². The lowest BCUT2D eigenvalue weighted by Gasteiger charge is -2.22. The summed E-state index contributed by atoms with van der Waals surface area (Å²) < 4.78 is 5.37. The van der Waals surface area contributed by atoms with Crippen molar-refractivity contribution in [3.05, 3.63) is 66.2 Å². The van der Waals surface area contributed by atoms with Gasteiger partial charge in [-0.1, -0.05) is 64.5 Å². The Morgan fingerprint density at radius 1 is 0.957 bits per heavy atom. The number of anilines is 1. The second-order valence-electron chi connectivity index (χ2n) is 4.95. The zero-order chi connectivity index (χ0) is 16.5. The monoisotopic (exact) mass is 375 g/mol. The van der Waals surface area contributed by atoms with Crippen molar-refractivity contribution in [3.63, 3.8) is 0 Å². The zero-order valence-corrected chi connectivity index (χ0v) is 14.2. The van der Waals surface area contributed by atoms with Crippen molar-refractivity contribution < 1.29 is 14.3 Å². The van der Waals surface area contributed by atoms with E-state index in [2.05, 4.69) is 15.9 Å². The van der Waals surface area contributed by atoms with Gasteiger partial charge >= 0.3 is 6.09 Å². The third-order valence-electron chi connectivity index (χ3n) is 3.26. The first-order valence-corrected chi connectivity index (χ1v) is 8.44. The number of rotatable bonds is 7. The smallest absolute Gasteiger partial charge is 0.414 e. The number of benzene rings is 2. The maximum absolute atomic E-state index is 12.4. The molecule has 0 unspecified atom stereocenters. The molecule has 0 atom stereocenters. The van der Waals surface area contributed by atoms with Crippen LogP contribution in [0.2, 0.25) is 0 Å². The molecular weight excluding hydrogens is 358 g/mol. The standard InChI is InChI=1S/C18H18BrNO3/c19-13-17(21)11-12-20(16-9-5-2-6-10-16)18(22)23-14-15-7-3-1-4-8-15/h1-10H,11-14H2. The maximum atomic E-state index is 12.4. The minimum atomic E-state index is -0.456. The minimum Gasteiger partial charge on any atom is -0.444 e. The van der Waals surface area contributed by atoms with E-state index in [1.54, 1.807) is 0 Å². The number of para-hydroxylation sites is 1. The Labute approximate surface area is 144 Å². The van der Waals surface area contributed by atoms with Gasteiger partial charge in [0.2, 0.25) is 0 Å². The lowest BCUT2D eigenvalue weighted by atomic mass is 10.2. The van der Waals surface area contributed by atoms with Gasteiger partial charge in [0.05, 0.1) is 5.33 Å². The number of amides is 1. The van der Waals surface area contributed by atoms with E-state index in [0.29, 0.717) is 12.2 Å². The molecule has 0 spiro atoms. The molecule has 120 valence electrons. The Morgan fingerprint density at radius 3 is 2.17 bits per heavy atom. The van der Waals surface area contributed by atoms with Crippen LogP contribution >= 0.6 is 15.9 Å². The van der Waals surface area contributed by atoms with Crippen molar-refractivity contribution in [1.82, 2.24) is 0 Å². The molecule has 0 aromatic heterocycles. The van der Waals surface area contributed by atoms with E-state index < -0.39 is 6.09 Å². The largest absolute Gasteiger partial charge is 0.444 e. The Bertz CT molecular complexity index is 631. The highest BCUT2D eigenvalue weighted by atomic mass is 79.9. The minimum absolute atomic E-state index is 0.0433. The Balaban J connectivity index is 2.03. The van der Waals surface area contributed by atoms with Crippen molar-refractivity contribution in [2.24, 2.45) is 0 Å². The average molecular weight is 376 g/mol. The first kappa shape index (κ1) is 17.2. The van der Waals surface area contributed by atoms with Crippen LogP contribution < -0.4 is 4.90 Å². The fourth-order valence-electron chi connectivity index (χ4n) is 2.03. The summed E-state index contributed by atoms with van der Waals surface area (Å²) in [5.41, 5.74) is 1.64. The molecule has 2 aromatic rings. The lowest BCUT2D eigenvalue weighted by Crippen LogP contribution is -2.33. The highest BCUT2D eigenvalue weighted by Crippen LogP contribution is 2.16. The molecular formula is C18H18BrNO3. The number of nitrogens with zero attached hydrogens (tertiary/aromatic N) is 1. The van der Waals surface area contributed by atoms with Crippen LogP contribution in [0.3, 0.4) is 0 Å². The summed E-state index contributed by atoms with van der Waals surface area (Å²) in [4.78, 5) is 25.4. The molecule has 5 heteroatoms. The van der Waals surface area contributed by atoms with E-state index in [-0.39, 0.29) is 24.1 Å². The molecule has 0 N–H and O–H groups in total. The highest BCUT2D eigenvalue weighted by Gasteiger charge is 2.18. The van der Waals surface area contributed by atoms with Crippen LogP contribution in [0.25, 0.3) is 0 Å². The van der Waals surface area contributed by atoms with Gasteiger partial charge < -0.3 is 4.74 Å². The quantitative estimate of drug-likeness (QED) is 0.681. The molecule has 1 amide bonds. The molecule has 4 nitrogen and oxygen atoms in total. The zero-order valence-electron chi connectivity index (χ0n) is 12.7. The van der Waals surface area contributed by atoms with Crippen LogP contribution in [-0.4, -0.2) is 23.8 Å².